The Labute approximate surface area is 130 Å². The van der Waals surface area contributed by atoms with Gasteiger partial charge in [0.15, 0.2) is 0 Å². The van der Waals surface area contributed by atoms with Crippen molar-refractivity contribution < 1.29 is 4.74 Å². The average Bonchev–Trinajstić information content (AvgIpc) is 3.06. The highest BCUT2D eigenvalue weighted by Gasteiger charge is 2.23. The number of rotatable bonds is 5. The molecule has 2 aromatic heterocycles. The molecule has 0 saturated carbocycles. The molecular weight excluding hydrogens is 280 g/mol. The molecule has 1 N–H and O–H groups in total. The van der Waals surface area contributed by atoms with E-state index in [1.807, 2.05) is 17.8 Å². The van der Waals surface area contributed by atoms with E-state index in [2.05, 4.69) is 38.4 Å². The fraction of sp³-hybridized carbons (Fsp3) is 0.533. The van der Waals surface area contributed by atoms with Gasteiger partial charge in [-0.2, -0.15) is 5.10 Å². The summed E-state index contributed by atoms with van der Waals surface area (Å²) in [5.41, 5.74) is 2.41. The van der Waals surface area contributed by atoms with E-state index >= 15 is 0 Å². The van der Waals surface area contributed by atoms with Gasteiger partial charge < -0.3 is 10.1 Å². The fourth-order valence-corrected chi connectivity index (χ4v) is 2.88. The summed E-state index contributed by atoms with van der Waals surface area (Å²) in [5, 5.41) is 7.86. The predicted molar refractivity (Wildman–Crippen MR) is 83.8 cm³/mol. The second-order valence-corrected chi connectivity index (χ2v) is 5.72. The Morgan fingerprint density at radius 1 is 1.41 bits per heavy atom. The number of hydrogen-bond donors (Lipinski definition) is 1. The third kappa shape index (κ3) is 3.36. The van der Waals surface area contributed by atoms with Crippen LogP contribution in [0, 0.1) is 6.92 Å². The monoisotopic (exact) mass is 302 g/mol. The number of methoxy groups -OCH3 is 1. The van der Waals surface area contributed by atoms with Gasteiger partial charge in [0, 0.05) is 50.6 Å². The van der Waals surface area contributed by atoms with Gasteiger partial charge in [0.1, 0.15) is 12.1 Å². The van der Waals surface area contributed by atoms with Gasteiger partial charge >= 0.3 is 0 Å². The van der Waals surface area contributed by atoms with E-state index in [0.29, 0.717) is 11.9 Å². The Bertz CT molecular complexity index is 641. The largest absolute Gasteiger partial charge is 0.481 e. The quantitative estimate of drug-likeness (QED) is 0.895. The van der Waals surface area contributed by atoms with Crippen molar-refractivity contribution in [1.29, 1.82) is 0 Å². The van der Waals surface area contributed by atoms with Crippen LogP contribution in [0.1, 0.15) is 17.7 Å². The first-order valence-electron chi connectivity index (χ1n) is 7.48. The number of hydrogen-bond acceptors (Lipinski definition) is 6. The van der Waals surface area contributed by atoms with Crippen molar-refractivity contribution in [2.24, 2.45) is 7.05 Å². The van der Waals surface area contributed by atoms with Gasteiger partial charge in [0.25, 0.3) is 0 Å². The van der Waals surface area contributed by atoms with E-state index in [9.17, 15) is 0 Å². The van der Waals surface area contributed by atoms with Gasteiger partial charge in [0.05, 0.1) is 12.8 Å². The average molecular weight is 302 g/mol. The lowest BCUT2D eigenvalue weighted by Gasteiger charge is -2.16. The molecule has 3 rings (SSSR count). The maximum absolute atomic E-state index is 5.12. The smallest absolute Gasteiger partial charge is 0.218 e. The van der Waals surface area contributed by atoms with Crippen molar-refractivity contribution in [2.45, 2.75) is 25.9 Å². The minimum Gasteiger partial charge on any atom is -0.481 e. The summed E-state index contributed by atoms with van der Waals surface area (Å²) in [7, 11) is 3.58. The SMILES string of the molecule is COc1cc(NC2CCN(Cc3cn(C)nc3C)C2)ncn1. The molecule has 1 unspecified atom stereocenters. The minimum absolute atomic E-state index is 0.400. The predicted octanol–water partition coefficient (Wildman–Crippen LogP) is 1.21. The highest BCUT2D eigenvalue weighted by Crippen LogP contribution is 2.19. The summed E-state index contributed by atoms with van der Waals surface area (Å²) in [4.78, 5) is 10.7. The minimum atomic E-state index is 0.400. The van der Waals surface area contributed by atoms with Crippen LogP contribution in [0.5, 0.6) is 5.88 Å². The van der Waals surface area contributed by atoms with E-state index in [4.69, 9.17) is 4.74 Å². The molecule has 7 heteroatoms. The first-order chi connectivity index (χ1) is 10.6. The topological polar surface area (TPSA) is 68.1 Å². The van der Waals surface area contributed by atoms with Crippen LogP contribution in [0.4, 0.5) is 5.82 Å². The molecule has 1 aliphatic heterocycles. The second kappa shape index (κ2) is 6.31. The summed E-state index contributed by atoms with van der Waals surface area (Å²) in [5.74, 6) is 1.40. The van der Waals surface area contributed by atoms with Crippen molar-refractivity contribution in [2.75, 3.05) is 25.5 Å². The lowest BCUT2D eigenvalue weighted by atomic mass is 10.2. The van der Waals surface area contributed by atoms with Crippen molar-refractivity contribution in [1.82, 2.24) is 24.6 Å². The molecule has 1 saturated heterocycles. The molecule has 0 radical (unpaired) electrons. The van der Waals surface area contributed by atoms with E-state index in [1.54, 1.807) is 7.11 Å². The Morgan fingerprint density at radius 3 is 3.00 bits per heavy atom. The molecule has 7 nitrogen and oxygen atoms in total. The zero-order chi connectivity index (χ0) is 15.5. The van der Waals surface area contributed by atoms with Crippen molar-refractivity contribution in [3.8, 4) is 5.88 Å². The maximum Gasteiger partial charge on any atom is 0.218 e. The summed E-state index contributed by atoms with van der Waals surface area (Å²) >= 11 is 0. The zero-order valence-electron chi connectivity index (χ0n) is 13.3. The highest BCUT2D eigenvalue weighted by atomic mass is 16.5. The van der Waals surface area contributed by atoms with Crippen molar-refractivity contribution >= 4 is 5.82 Å². The third-order valence-electron chi connectivity index (χ3n) is 3.98. The van der Waals surface area contributed by atoms with Gasteiger partial charge in [-0.05, 0) is 13.3 Å². The van der Waals surface area contributed by atoms with Gasteiger partial charge in [0.2, 0.25) is 5.88 Å². The molecule has 1 aliphatic rings. The van der Waals surface area contributed by atoms with Crippen LogP contribution < -0.4 is 10.1 Å². The van der Waals surface area contributed by atoms with Crippen molar-refractivity contribution in [3.05, 3.63) is 29.8 Å². The van der Waals surface area contributed by atoms with Gasteiger partial charge in [-0.25, -0.2) is 9.97 Å². The maximum atomic E-state index is 5.12. The highest BCUT2D eigenvalue weighted by molar-refractivity contribution is 5.38. The summed E-state index contributed by atoms with van der Waals surface area (Å²) < 4.78 is 7.00. The molecule has 118 valence electrons. The Kier molecular flexibility index (Phi) is 4.24. The lowest BCUT2D eigenvalue weighted by Crippen LogP contribution is -2.26. The number of anilines is 1. The molecule has 0 amide bonds. The van der Waals surface area contributed by atoms with Gasteiger partial charge in [-0.3, -0.25) is 9.58 Å². The molecule has 2 aromatic rings. The normalized spacial score (nSPS) is 18.6. The van der Waals surface area contributed by atoms with Crippen LogP contribution in [0.25, 0.3) is 0 Å². The first-order valence-corrected chi connectivity index (χ1v) is 7.48. The lowest BCUT2D eigenvalue weighted by molar-refractivity contribution is 0.328. The molecule has 3 heterocycles. The summed E-state index contributed by atoms with van der Waals surface area (Å²) in [6.07, 6.45) is 4.73. The molecule has 0 spiro atoms. The molecule has 1 atom stereocenters. The third-order valence-corrected chi connectivity index (χ3v) is 3.98. The molecule has 0 bridgehead atoms. The summed E-state index contributed by atoms with van der Waals surface area (Å²) in [6, 6.07) is 2.23. The molecule has 22 heavy (non-hydrogen) atoms. The van der Waals surface area contributed by atoms with Crippen LogP contribution in [-0.2, 0) is 13.6 Å². The van der Waals surface area contributed by atoms with E-state index in [0.717, 1.165) is 37.6 Å². The molecular formula is C15H22N6O. The number of aromatic nitrogens is 4. The van der Waals surface area contributed by atoms with Crippen LogP contribution in [0.2, 0.25) is 0 Å². The van der Waals surface area contributed by atoms with Crippen LogP contribution in [0.15, 0.2) is 18.6 Å². The van der Waals surface area contributed by atoms with Crippen LogP contribution >= 0.6 is 0 Å². The van der Waals surface area contributed by atoms with Gasteiger partial charge in [-0.15, -0.1) is 0 Å². The Morgan fingerprint density at radius 2 is 2.27 bits per heavy atom. The summed E-state index contributed by atoms with van der Waals surface area (Å²) in [6.45, 7) is 5.09. The fourth-order valence-electron chi connectivity index (χ4n) is 2.88. The molecule has 0 aromatic carbocycles. The Balaban J connectivity index is 1.56. The standard InChI is InChI=1S/C15H22N6O/c1-11-12(7-20(2)19-11)8-21-5-4-13(9-21)18-14-6-15(22-3)17-10-16-14/h6-7,10,13H,4-5,8-9H2,1-3H3,(H,16,17,18). The molecule has 0 aliphatic carbocycles. The van der Waals surface area contributed by atoms with Gasteiger partial charge in [-0.1, -0.05) is 0 Å². The van der Waals surface area contributed by atoms with Crippen molar-refractivity contribution in [3.63, 3.8) is 0 Å². The zero-order valence-corrected chi connectivity index (χ0v) is 13.3. The Hall–Kier alpha value is -2.15. The van der Waals surface area contributed by atoms with E-state index in [1.165, 1.54) is 11.9 Å². The number of nitrogens with zero attached hydrogens (tertiary/aromatic N) is 5. The first kappa shape index (κ1) is 14.8. The molecule has 1 fully saturated rings. The number of likely N-dealkylation sites (tertiary alicyclic amines) is 1. The number of nitrogens with one attached hydrogen (secondary N) is 1. The number of aryl methyl sites for hydroxylation is 2. The van der Waals surface area contributed by atoms with Crippen LogP contribution in [0.3, 0.4) is 0 Å². The van der Waals surface area contributed by atoms with E-state index < -0.39 is 0 Å². The van der Waals surface area contributed by atoms with E-state index in [-0.39, 0.29) is 0 Å². The second-order valence-electron chi connectivity index (χ2n) is 5.72. The van der Waals surface area contributed by atoms with Crippen LogP contribution in [-0.4, -0.2) is 50.9 Å². The number of ether oxygens (including phenoxy) is 1.